The minimum absolute atomic E-state index is 0.0363. The highest BCUT2D eigenvalue weighted by Gasteiger charge is 2.59. The molecule has 0 radical (unpaired) electrons. The van der Waals surface area contributed by atoms with Gasteiger partial charge in [0.05, 0.1) is 0 Å². The molecule has 1 aromatic heterocycles. The Morgan fingerprint density at radius 2 is 1.00 bits per heavy atom. The molecule has 276 valence electrons. The molecule has 1 heterocycles. The van der Waals surface area contributed by atoms with Crippen molar-refractivity contribution in [1.82, 2.24) is 14.8 Å². The molecule has 2 aromatic rings. The molecular weight excluding hydrogens is 714 g/mol. The molecule has 0 atom stereocenters. The fourth-order valence-corrected chi connectivity index (χ4v) is 8.72. The Morgan fingerprint density at radius 3 is 1.42 bits per heavy atom. The lowest BCUT2D eigenvalue weighted by atomic mass is 10.1. The SMILES string of the molecule is CN(CCCCCc1ccccc1)CCC(O)(P(=O)(O)O)P(=O)(O)O.CN(CCCc1ccccn1)CCC(O)(P(=O)(O)O)P(=O)(O)O. The molecule has 0 saturated heterocycles. The monoisotopic (exact) mass is 763 g/mol. The Labute approximate surface area is 280 Å². The number of hydrogen-bond donors (Lipinski definition) is 10. The summed E-state index contributed by atoms with van der Waals surface area (Å²) in [7, 11) is -18.2. The van der Waals surface area contributed by atoms with Gasteiger partial charge in [-0.3, -0.25) is 23.2 Å². The second-order valence-corrected chi connectivity index (χ2v) is 19.6. The van der Waals surface area contributed by atoms with Gasteiger partial charge < -0.3 is 59.2 Å². The van der Waals surface area contributed by atoms with Crippen LogP contribution in [0, 0.1) is 0 Å². The van der Waals surface area contributed by atoms with E-state index in [2.05, 4.69) is 17.1 Å². The first-order valence-electron chi connectivity index (χ1n) is 14.9. The summed E-state index contributed by atoms with van der Waals surface area (Å²) in [6.45, 7) is 1.02. The lowest BCUT2D eigenvalue weighted by Gasteiger charge is -2.30. The molecule has 0 spiro atoms. The van der Waals surface area contributed by atoms with E-state index in [9.17, 15) is 28.5 Å². The van der Waals surface area contributed by atoms with Crippen LogP contribution in [0.3, 0.4) is 0 Å². The summed E-state index contributed by atoms with van der Waals surface area (Å²) < 4.78 is 45.0. The van der Waals surface area contributed by atoms with Crippen molar-refractivity contribution in [2.45, 2.75) is 61.5 Å². The minimum atomic E-state index is -5.38. The third-order valence-electron chi connectivity index (χ3n) is 7.57. The number of aliphatic hydroxyl groups is 2. The Kier molecular flexibility index (Phi) is 18.1. The summed E-state index contributed by atoms with van der Waals surface area (Å²) in [5.41, 5.74) is 2.17. The summed E-state index contributed by atoms with van der Waals surface area (Å²) in [6.07, 6.45) is 5.43. The number of unbranched alkanes of at least 4 members (excludes halogenated alkanes) is 2. The van der Waals surface area contributed by atoms with Crippen LogP contribution in [0.25, 0.3) is 0 Å². The van der Waals surface area contributed by atoms with Crippen LogP contribution in [-0.2, 0) is 31.1 Å². The van der Waals surface area contributed by atoms with Crippen molar-refractivity contribution in [3.05, 3.63) is 66.0 Å². The van der Waals surface area contributed by atoms with Crippen molar-refractivity contribution in [3.8, 4) is 0 Å². The van der Waals surface area contributed by atoms with Gasteiger partial charge in [0, 0.05) is 37.8 Å². The van der Waals surface area contributed by atoms with Gasteiger partial charge in [0.1, 0.15) is 0 Å². The number of benzene rings is 1. The molecule has 48 heavy (non-hydrogen) atoms. The average molecular weight is 764 g/mol. The molecule has 10 N–H and O–H groups in total. The summed E-state index contributed by atoms with van der Waals surface area (Å²) in [6, 6.07) is 15.6. The molecule has 0 bridgehead atoms. The zero-order valence-corrected chi connectivity index (χ0v) is 30.5. The fraction of sp³-hybridized carbons (Fsp3) is 0.593. The molecule has 17 nitrogen and oxygen atoms in total. The van der Waals surface area contributed by atoms with Gasteiger partial charge in [-0.2, -0.15) is 0 Å². The van der Waals surface area contributed by atoms with Crippen LogP contribution in [0.2, 0.25) is 0 Å². The standard InChI is InChI=1S/C15H27NO7P2.C12H22N2O7P2/c1-16(12-7-3-6-10-14-8-4-2-5-9-14)13-11-15(17,24(18,19)20)25(21,22)23;1-14(9-4-6-11-5-2-3-8-13-11)10-7-12(15,22(16,17)18)23(19,20)21/h2,4-5,8-9,17H,3,6-7,10-13H2,1H3,(H2,18,19,20)(H2,21,22,23);2-3,5,8,15H,4,6-7,9-10H2,1H3,(H2,16,17,18)(H2,19,20,21). The van der Waals surface area contributed by atoms with Crippen LogP contribution < -0.4 is 0 Å². The van der Waals surface area contributed by atoms with Crippen LogP contribution >= 0.6 is 30.4 Å². The zero-order valence-electron chi connectivity index (χ0n) is 26.9. The van der Waals surface area contributed by atoms with E-state index in [1.54, 1.807) is 36.2 Å². The van der Waals surface area contributed by atoms with E-state index >= 15 is 0 Å². The van der Waals surface area contributed by atoms with Gasteiger partial charge in [0.15, 0.2) is 0 Å². The lowest BCUT2D eigenvalue weighted by molar-refractivity contribution is 0.111. The normalized spacial score (nSPS) is 13.5. The van der Waals surface area contributed by atoms with E-state index in [0.29, 0.717) is 25.9 Å². The molecule has 0 aliphatic rings. The van der Waals surface area contributed by atoms with Crippen LogP contribution in [0.4, 0.5) is 0 Å². The van der Waals surface area contributed by atoms with Crippen molar-refractivity contribution in [2.24, 2.45) is 0 Å². The Bertz CT molecular complexity index is 1370. The first kappa shape index (κ1) is 44.8. The predicted molar refractivity (Wildman–Crippen MR) is 179 cm³/mol. The molecule has 21 heteroatoms. The van der Waals surface area contributed by atoms with Gasteiger partial charge in [-0.15, -0.1) is 0 Å². The van der Waals surface area contributed by atoms with E-state index in [-0.39, 0.29) is 13.1 Å². The van der Waals surface area contributed by atoms with Crippen molar-refractivity contribution in [2.75, 3.05) is 40.3 Å². The van der Waals surface area contributed by atoms with Crippen molar-refractivity contribution in [3.63, 3.8) is 0 Å². The minimum Gasteiger partial charge on any atom is -0.367 e. The van der Waals surface area contributed by atoms with Gasteiger partial charge in [-0.05, 0) is 77.0 Å². The smallest absolute Gasteiger partial charge is 0.367 e. The molecule has 0 amide bonds. The lowest BCUT2D eigenvalue weighted by Crippen LogP contribution is -2.34. The third kappa shape index (κ3) is 14.6. The highest BCUT2D eigenvalue weighted by atomic mass is 31.2. The molecule has 2 rings (SSSR count). The van der Waals surface area contributed by atoms with Gasteiger partial charge in [0.2, 0.25) is 0 Å². The van der Waals surface area contributed by atoms with Gasteiger partial charge in [0.25, 0.3) is 10.2 Å². The van der Waals surface area contributed by atoms with Gasteiger partial charge in [-0.25, -0.2) is 0 Å². The number of hydrogen-bond acceptors (Lipinski definition) is 9. The second-order valence-electron chi connectivity index (χ2n) is 11.6. The van der Waals surface area contributed by atoms with Gasteiger partial charge >= 0.3 is 30.4 Å². The van der Waals surface area contributed by atoms with Crippen molar-refractivity contribution >= 4 is 30.4 Å². The number of aryl methyl sites for hydroxylation is 2. The number of nitrogens with zero attached hydrogens (tertiary/aromatic N) is 3. The van der Waals surface area contributed by atoms with Crippen molar-refractivity contribution in [1.29, 1.82) is 0 Å². The topological polar surface area (TPSA) is 290 Å². The van der Waals surface area contributed by atoms with E-state index in [0.717, 1.165) is 31.4 Å². The third-order valence-corrected chi connectivity index (χ3v) is 15.3. The summed E-state index contributed by atoms with van der Waals surface area (Å²) in [4.78, 5) is 80.1. The molecule has 1 aromatic carbocycles. The number of pyridine rings is 1. The van der Waals surface area contributed by atoms with Crippen molar-refractivity contribution < 1.29 is 67.6 Å². The Morgan fingerprint density at radius 1 is 0.562 bits per heavy atom. The maximum absolute atomic E-state index is 11.3. The van der Waals surface area contributed by atoms with E-state index in [1.165, 1.54) is 5.56 Å². The summed E-state index contributed by atoms with van der Waals surface area (Å²) in [5.74, 6) is 0. The largest absolute Gasteiger partial charge is 0.369 e. The van der Waals surface area contributed by atoms with E-state index < -0.39 is 53.4 Å². The molecule has 0 fully saturated rings. The van der Waals surface area contributed by atoms with Crippen LogP contribution in [-0.4, -0.2) is 115 Å². The number of rotatable bonds is 20. The average Bonchev–Trinajstić information content (AvgIpc) is 2.97. The highest BCUT2D eigenvalue weighted by molar-refractivity contribution is 7.72. The van der Waals surface area contributed by atoms with E-state index in [4.69, 9.17) is 39.1 Å². The first-order valence-corrected chi connectivity index (χ1v) is 21.4. The van der Waals surface area contributed by atoms with E-state index in [1.807, 2.05) is 30.3 Å². The molecule has 0 unspecified atom stereocenters. The predicted octanol–water partition coefficient (Wildman–Crippen LogP) is 2.06. The maximum Gasteiger partial charge on any atom is 0.369 e. The van der Waals surface area contributed by atoms with Crippen LogP contribution in [0.1, 0.15) is 49.8 Å². The highest BCUT2D eigenvalue weighted by Crippen LogP contribution is 2.69. The molecule has 0 aliphatic heterocycles. The quantitative estimate of drug-likeness (QED) is 0.0682. The fourth-order valence-electron chi connectivity index (χ4n) is 4.44. The molecule has 0 aliphatic carbocycles. The Hall–Kier alpha value is -1.19. The first-order chi connectivity index (χ1) is 21.9. The van der Waals surface area contributed by atoms with Crippen LogP contribution in [0.15, 0.2) is 54.7 Å². The van der Waals surface area contributed by atoms with Gasteiger partial charge in [-0.1, -0.05) is 42.8 Å². The zero-order chi connectivity index (χ0) is 36.9. The Balaban J connectivity index is 0.000000482. The second kappa shape index (κ2) is 19.4. The summed E-state index contributed by atoms with van der Waals surface area (Å²) >= 11 is 0. The summed E-state index contributed by atoms with van der Waals surface area (Å²) in [5, 5.41) is 12.9. The molecule has 0 saturated carbocycles. The number of aromatic nitrogens is 1. The van der Waals surface area contributed by atoms with Crippen LogP contribution in [0.5, 0.6) is 0 Å². The maximum atomic E-state index is 11.3. The molecular formula is C27H49N3O14P4.